The lowest BCUT2D eigenvalue weighted by atomic mass is 9.65. The van der Waals surface area contributed by atoms with Crippen LogP contribution in [0.1, 0.15) is 37.8 Å². The molecule has 0 aromatic heterocycles. The second kappa shape index (κ2) is 11.3. The van der Waals surface area contributed by atoms with Gasteiger partial charge in [0.1, 0.15) is 0 Å². The SMILES string of the molecule is CCCC(CN(C)CNC(=O)/C=C\C(=O)O)C(C)(c1ccccc1)c1ccccc1. The number of carbonyl (C=O) groups excluding carboxylic acids is 1. The minimum atomic E-state index is -1.14. The van der Waals surface area contributed by atoms with Crippen molar-refractivity contribution in [3.05, 3.63) is 83.9 Å². The van der Waals surface area contributed by atoms with Crippen molar-refractivity contribution in [1.82, 2.24) is 10.2 Å². The number of nitrogens with one attached hydrogen (secondary N) is 1. The van der Waals surface area contributed by atoms with Crippen LogP contribution in [-0.2, 0) is 15.0 Å². The number of carboxylic acids is 1. The molecule has 0 saturated carbocycles. The lowest BCUT2D eigenvalue weighted by Gasteiger charge is -2.41. The van der Waals surface area contributed by atoms with Gasteiger partial charge in [-0.1, -0.05) is 80.9 Å². The van der Waals surface area contributed by atoms with Gasteiger partial charge >= 0.3 is 5.97 Å². The molecule has 2 aromatic rings. The van der Waals surface area contributed by atoms with Crippen LogP contribution in [0.2, 0.25) is 0 Å². The van der Waals surface area contributed by atoms with Crippen LogP contribution in [0.15, 0.2) is 72.8 Å². The number of carbonyl (C=O) groups is 2. The second-order valence-electron chi connectivity index (χ2n) is 7.83. The van der Waals surface area contributed by atoms with E-state index in [0.717, 1.165) is 31.5 Å². The highest BCUT2D eigenvalue weighted by molar-refractivity contribution is 5.93. The molecular weight excluding hydrogens is 376 g/mol. The van der Waals surface area contributed by atoms with Crippen molar-refractivity contribution < 1.29 is 14.7 Å². The Morgan fingerprint density at radius 3 is 2.03 bits per heavy atom. The van der Waals surface area contributed by atoms with E-state index in [2.05, 4.69) is 72.6 Å². The lowest BCUT2D eigenvalue weighted by molar-refractivity contribution is -0.131. The molecule has 5 heteroatoms. The Morgan fingerprint density at radius 1 is 1.03 bits per heavy atom. The Balaban J connectivity index is 2.23. The van der Waals surface area contributed by atoms with Crippen LogP contribution in [0, 0.1) is 5.92 Å². The van der Waals surface area contributed by atoms with E-state index in [4.69, 9.17) is 5.11 Å². The summed E-state index contributed by atoms with van der Waals surface area (Å²) in [4.78, 5) is 24.5. The van der Waals surface area contributed by atoms with Gasteiger partial charge in [-0.3, -0.25) is 9.69 Å². The maximum atomic E-state index is 11.8. The van der Waals surface area contributed by atoms with Crippen LogP contribution in [0.5, 0.6) is 0 Å². The molecule has 2 N–H and O–H groups in total. The first-order valence-electron chi connectivity index (χ1n) is 10.4. The van der Waals surface area contributed by atoms with E-state index in [9.17, 15) is 9.59 Å². The van der Waals surface area contributed by atoms with Crippen molar-refractivity contribution in [3.63, 3.8) is 0 Å². The Bertz CT molecular complexity index is 794. The maximum absolute atomic E-state index is 11.8. The van der Waals surface area contributed by atoms with E-state index in [1.165, 1.54) is 11.1 Å². The zero-order valence-electron chi connectivity index (χ0n) is 18.0. The quantitative estimate of drug-likeness (QED) is 0.435. The van der Waals surface area contributed by atoms with Gasteiger partial charge in [-0.25, -0.2) is 4.79 Å². The van der Waals surface area contributed by atoms with E-state index in [-0.39, 0.29) is 5.41 Å². The third kappa shape index (κ3) is 6.29. The standard InChI is InChI=1S/C25H32N2O3/c1-4-11-22(18-27(3)19-26-23(28)16-17-24(29)30)25(2,20-12-7-5-8-13-20)21-14-9-6-10-15-21/h5-10,12-17,22H,4,11,18-19H2,1-3H3,(H,26,28)(H,29,30)/b17-16-. The average molecular weight is 409 g/mol. The van der Waals surface area contributed by atoms with Crippen molar-refractivity contribution in [3.8, 4) is 0 Å². The molecular formula is C25H32N2O3. The molecule has 0 radical (unpaired) electrons. The first-order chi connectivity index (χ1) is 14.4. The van der Waals surface area contributed by atoms with E-state index in [1.807, 2.05) is 19.2 Å². The summed E-state index contributed by atoms with van der Waals surface area (Å²) in [5.41, 5.74) is 2.37. The smallest absolute Gasteiger partial charge is 0.328 e. The van der Waals surface area contributed by atoms with Gasteiger partial charge < -0.3 is 10.4 Å². The van der Waals surface area contributed by atoms with Gasteiger partial charge in [0, 0.05) is 24.1 Å². The number of hydrogen-bond acceptors (Lipinski definition) is 3. The number of rotatable bonds is 11. The van der Waals surface area contributed by atoms with Crippen LogP contribution in [0.3, 0.4) is 0 Å². The first-order valence-corrected chi connectivity index (χ1v) is 10.4. The Morgan fingerprint density at radius 2 is 1.57 bits per heavy atom. The number of hydrogen-bond donors (Lipinski definition) is 2. The molecule has 1 unspecified atom stereocenters. The molecule has 0 aliphatic heterocycles. The molecule has 30 heavy (non-hydrogen) atoms. The zero-order valence-corrected chi connectivity index (χ0v) is 18.0. The number of aliphatic carboxylic acids is 1. The molecule has 5 nitrogen and oxygen atoms in total. The van der Waals surface area contributed by atoms with Crippen molar-refractivity contribution in [2.24, 2.45) is 5.92 Å². The third-order valence-corrected chi connectivity index (χ3v) is 5.63. The van der Waals surface area contributed by atoms with Crippen molar-refractivity contribution in [2.45, 2.75) is 32.1 Å². The van der Waals surface area contributed by atoms with Crippen LogP contribution in [0.25, 0.3) is 0 Å². The Labute approximate surface area is 179 Å². The molecule has 1 amide bonds. The van der Waals surface area contributed by atoms with Crippen LogP contribution in [0.4, 0.5) is 0 Å². The summed E-state index contributed by atoms with van der Waals surface area (Å²) in [7, 11) is 1.97. The summed E-state index contributed by atoms with van der Waals surface area (Å²) in [5, 5.41) is 11.4. The summed E-state index contributed by atoms with van der Waals surface area (Å²) in [5.74, 6) is -1.23. The fourth-order valence-electron chi connectivity index (χ4n) is 3.98. The minimum Gasteiger partial charge on any atom is -0.478 e. The van der Waals surface area contributed by atoms with Gasteiger partial charge in [0.05, 0.1) is 6.67 Å². The number of carboxylic acid groups (broad SMARTS) is 1. The molecule has 0 spiro atoms. The fourth-order valence-corrected chi connectivity index (χ4v) is 3.98. The predicted molar refractivity (Wildman–Crippen MR) is 120 cm³/mol. The lowest BCUT2D eigenvalue weighted by Crippen LogP contribution is -2.43. The van der Waals surface area contributed by atoms with Crippen LogP contribution in [-0.4, -0.2) is 42.1 Å². The Kier molecular flexibility index (Phi) is 8.81. The topological polar surface area (TPSA) is 69.6 Å². The van der Waals surface area contributed by atoms with Crippen LogP contribution < -0.4 is 5.32 Å². The highest BCUT2D eigenvalue weighted by Gasteiger charge is 2.37. The van der Waals surface area contributed by atoms with Gasteiger partial charge in [0.2, 0.25) is 5.91 Å². The molecule has 1 atom stereocenters. The van der Waals surface area contributed by atoms with Gasteiger partial charge in [-0.05, 0) is 30.5 Å². The van der Waals surface area contributed by atoms with Crippen LogP contribution >= 0.6 is 0 Å². The molecule has 2 rings (SSSR count). The molecule has 0 bridgehead atoms. The molecule has 0 aliphatic carbocycles. The van der Waals surface area contributed by atoms with Crippen molar-refractivity contribution >= 4 is 11.9 Å². The molecule has 160 valence electrons. The van der Waals surface area contributed by atoms with E-state index in [1.54, 1.807) is 0 Å². The number of benzene rings is 2. The monoisotopic (exact) mass is 408 g/mol. The molecule has 0 fully saturated rings. The highest BCUT2D eigenvalue weighted by atomic mass is 16.4. The normalized spacial score (nSPS) is 12.8. The zero-order chi connectivity index (χ0) is 22.0. The van der Waals surface area contributed by atoms with Gasteiger partial charge in [0.25, 0.3) is 0 Å². The third-order valence-electron chi connectivity index (χ3n) is 5.63. The van der Waals surface area contributed by atoms with Gasteiger partial charge in [0.15, 0.2) is 0 Å². The average Bonchev–Trinajstić information content (AvgIpc) is 2.76. The minimum absolute atomic E-state index is 0.181. The first kappa shape index (κ1) is 23.4. The maximum Gasteiger partial charge on any atom is 0.328 e. The van der Waals surface area contributed by atoms with E-state index < -0.39 is 11.9 Å². The number of nitrogens with zero attached hydrogens (tertiary/aromatic N) is 1. The Hall–Kier alpha value is -2.92. The predicted octanol–water partition coefficient (Wildman–Crippen LogP) is 4.06. The largest absolute Gasteiger partial charge is 0.478 e. The highest BCUT2D eigenvalue weighted by Crippen LogP contribution is 2.41. The van der Waals surface area contributed by atoms with Crippen molar-refractivity contribution in [1.29, 1.82) is 0 Å². The second-order valence-corrected chi connectivity index (χ2v) is 7.83. The summed E-state index contributed by atoms with van der Waals surface area (Å²) < 4.78 is 0. The van der Waals surface area contributed by atoms with Gasteiger partial charge in [-0.15, -0.1) is 0 Å². The van der Waals surface area contributed by atoms with Crippen molar-refractivity contribution in [2.75, 3.05) is 20.3 Å². The molecule has 2 aromatic carbocycles. The van der Waals surface area contributed by atoms with E-state index >= 15 is 0 Å². The summed E-state index contributed by atoms with van der Waals surface area (Å²) in [6.45, 7) is 5.64. The summed E-state index contributed by atoms with van der Waals surface area (Å²) in [6, 6.07) is 21.2. The molecule has 0 aliphatic rings. The molecule has 0 heterocycles. The molecule has 0 saturated heterocycles. The summed E-state index contributed by atoms with van der Waals surface area (Å²) in [6.07, 6.45) is 3.98. The van der Waals surface area contributed by atoms with Gasteiger partial charge in [-0.2, -0.15) is 0 Å². The fraction of sp³-hybridized carbons (Fsp3) is 0.360. The van der Waals surface area contributed by atoms with E-state index in [0.29, 0.717) is 12.6 Å². The number of amides is 1. The summed E-state index contributed by atoms with van der Waals surface area (Å²) >= 11 is 0.